The molecule has 5 nitrogen and oxygen atoms in total. The summed E-state index contributed by atoms with van der Waals surface area (Å²) in [6, 6.07) is 6.84. The minimum absolute atomic E-state index is 0.0371. The van der Waals surface area contributed by atoms with Crippen LogP contribution < -0.4 is 14.3 Å². The summed E-state index contributed by atoms with van der Waals surface area (Å²) < 4.78 is 87.3. The molecule has 1 aromatic carbocycles. The van der Waals surface area contributed by atoms with Crippen molar-refractivity contribution >= 4 is 0 Å². The molecule has 2 aromatic rings. The largest absolute Gasteiger partial charge is 0.486 e. The minimum atomic E-state index is -4.48. The molecule has 11 heteroatoms. The number of pyridine rings is 1. The quantitative estimate of drug-likeness (QED) is 0.458. The van der Waals surface area contributed by atoms with Gasteiger partial charge in [0.1, 0.15) is 6.10 Å². The zero-order valence-electron chi connectivity index (χ0n) is 18.3. The number of benzene rings is 1. The second-order valence-corrected chi connectivity index (χ2v) is 8.64. The number of hydrogen-bond acceptors (Lipinski definition) is 5. The summed E-state index contributed by atoms with van der Waals surface area (Å²) >= 11 is 0. The van der Waals surface area contributed by atoms with Gasteiger partial charge in [0.25, 0.3) is 0 Å². The van der Waals surface area contributed by atoms with Crippen LogP contribution in [0.5, 0.6) is 17.4 Å². The maximum atomic E-state index is 12.8. The normalized spacial score (nSPS) is 23.4. The van der Waals surface area contributed by atoms with Crippen LogP contribution in [0.4, 0.5) is 26.3 Å². The van der Waals surface area contributed by atoms with Crippen LogP contribution >= 0.6 is 0 Å². The molecular weight excluding hydrogens is 466 g/mol. The first-order valence-electron chi connectivity index (χ1n) is 10.9. The van der Waals surface area contributed by atoms with E-state index in [0.717, 1.165) is 37.1 Å². The van der Waals surface area contributed by atoms with Crippen molar-refractivity contribution < 1.29 is 40.7 Å². The number of piperidine rings is 2. The Labute approximate surface area is 192 Å². The average Bonchev–Trinajstić information content (AvgIpc) is 2.73. The predicted molar refractivity (Wildman–Crippen MR) is 110 cm³/mol. The van der Waals surface area contributed by atoms with Gasteiger partial charge in [-0.25, -0.2) is 4.98 Å². The standard InChI is InChI=1S/C23H24F6N2O3/c1-14-5-7-19(20(9-14)32-13-22(24,25)26)33-18-10-16-3-2-4-17(11-18)31(16)34-21-8-6-15(12-30-21)23(27,28)29/h5-9,12,16-18H,2-4,10-11,13H2,1H3/t16-,17+,18?. The lowest BCUT2D eigenvalue weighted by atomic mass is 9.84. The highest BCUT2D eigenvalue weighted by Crippen LogP contribution is 2.39. The monoisotopic (exact) mass is 490 g/mol. The van der Waals surface area contributed by atoms with E-state index in [-0.39, 0.29) is 35.6 Å². The second kappa shape index (κ2) is 9.52. The van der Waals surface area contributed by atoms with Crippen LogP contribution in [0, 0.1) is 6.92 Å². The van der Waals surface area contributed by atoms with Gasteiger partial charge < -0.3 is 14.3 Å². The first kappa shape index (κ1) is 24.4. The number of hydroxylamine groups is 2. The summed E-state index contributed by atoms with van der Waals surface area (Å²) in [5.41, 5.74) is -0.109. The summed E-state index contributed by atoms with van der Waals surface area (Å²) in [6.07, 6.45) is -4.83. The lowest BCUT2D eigenvalue weighted by Gasteiger charge is -2.46. The molecule has 0 saturated carbocycles. The van der Waals surface area contributed by atoms with E-state index in [4.69, 9.17) is 14.3 Å². The lowest BCUT2D eigenvalue weighted by Crippen LogP contribution is -2.55. The van der Waals surface area contributed by atoms with Crippen LogP contribution in [0.25, 0.3) is 0 Å². The summed E-state index contributed by atoms with van der Waals surface area (Å²) in [7, 11) is 0. The van der Waals surface area contributed by atoms with Gasteiger partial charge in [-0.1, -0.05) is 12.5 Å². The van der Waals surface area contributed by atoms with Crippen molar-refractivity contribution in [3.63, 3.8) is 0 Å². The SMILES string of the molecule is Cc1ccc(OC2C[C@H]3CCC[C@@H](C2)N3Oc2ccc(C(F)(F)F)cn2)c(OCC(F)(F)F)c1. The van der Waals surface area contributed by atoms with E-state index in [9.17, 15) is 26.3 Å². The van der Waals surface area contributed by atoms with Gasteiger partial charge in [-0.3, -0.25) is 0 Å². The van der Waals surface area contributed by atoms with Crippen LogP contribution in [0.3, 0.4) is 0 Å². The van der Waals surface area contributed by atoms with Crippen molar-refractivity contribution in [2.75, 3.05) is 6.61 Å². The number of halogens is 6. The molecule has 2 bridgehead atoms. The molecule has 2 aliphatic rings. The van der Waals surface area contributed by atoms with Gasteiger partial charge in [0, 0.05) is 37.2 Å². The van der Waals surface area contributed by atoms with E-state index in [1.165, 1.54) is 12.1 Å². The van der Waals surface area contributed by atoms with E-state index in [2.05, 4.69) is 4.98 Å². The molecule has 0 spiro atoms. The van der Waals surface area contributed by atoms with Crippen molar-refractivity contribution in [1.82, 2.24) is 10.0 Å². The Bertz CT molecular complexity index is 966. The van der Waals surface area contributed by atoms with E-state index in [1.807, 2.05) is 0 Å². The first-order valence-corrected chi connectivity index (χ1v) is 10.9. The van der Waals surface area contributed by atoms with E-state index < -0.39 is 24.5 Å². The Balaban J connectivity index is 1.43. The Morgan fingerprint density at radius 3 is 2.26 bits per heavy atom. The summed E-state index contributed by atoms with van der Waals surface area (Å²) in [5.74, 6) is 0.359. The molecule has 0 aliphatic carbocycles. The van der Waals surface area contributed by atoms with Crippen LogP contribution in [-0.4, -0.2) is 41.0 Å². The fraction of sp³-hybridized carbons (Fsp3) is 0.522. The molecule has 1 aromatic heterocycles. The molecule has 3 heterocycles. The molecule has 2 aliphatic heterocycles. The molecule has 0 radical (unpaired) electrons. The van der Waals surface area contributed by atoms with Gasteiger partial charge in [0.2, 0.25) is 5.88 Å². The van der Waals surface area contributed by atoms with Gasteiger partial charge >= 0.3 is 12.4 Å². The van der Waals surface area contributed by atoms with Gasteiger partial charge in [0.15, 0.2) is 18.1 Å². The molecule has 34 heavy (non-hydrogen) atoms. The molecule has 186 valence electrons. The number of alkyl halides is 6. The van der Waals surface area contributed by atoms with Gasteiger partial charge in [-0.15, -0.1) is 5.06 Å². The van der Waals surface area contributed by atoms with Crippen molar-refractivity contribution in [2.24, 2.45) is 0 Å². The maximum Gasteiger partial charge on any atom is 0.422 e. The Morgan fingerprint density at radius 2 is 1.68 bits per heavy atom. The Morgan fingerprint density at radius 1 is 0.971 bits per heavy atom. The maximum absolute atomic E-state index is 12.8. The number of aromatic nitrogens is 1. The molecule has 2 saturated heterocycles. The molecule has 3 atom stereocenters. The third-order valence-corrected chi connectivity index (χ3v) is 5.91. The highest BCUT2D eigenvalue weighted by molar-refractivity contribution is 5.43. The Hall–Kier alpha value is -2.69. The van der Waals surface area contributed by atoms with Gasteiger partial charge in [-0.2, -0.15) is 26.3 Å². The minimum Gasteiger partial charge on any atom is -0.486 e. The van der Waals surface area contributed by atoms with Crippen LogP contribution in [-0.2, 0) is 6.18 Å². The number of ether oxygens (including phenoxy) is 2. The smallest absolute Gasteiger partial charge is 0.422 e. The second-order valence-electron chi connectivity index (χ2n) is 8.64. The van der Waals surface area contributed by atoms with Crippen LogP contribution in [0.2, 0.25) is 0 Å². The number of rotatable bonds is 6. The van der Waals surface area contributed by atoms with E-state index in [1.54, 1.807) is 24.1 Å². The van der Waals surface area contributed by atoms with Crippen molar-refractivity contribution in [1.29, 1.82) is 0 Å². The number of fused-ring (bicyclic) bond motifs is 2. The van der Waals surface area contributed by atoms with Crippen molar-refractivity contribution in [3.05, 3.63) is 47.7 Å². The molecule has 0 amide bonds. The highest BCUT2D eigenvalue weighted by atomic mass is 19.4. The van der Waals surface area contributed by atoms with Crippen LogP contribution in [0.15, 0.2) is 36.5 Å². The summed E-state index contributed by atoms with van der Waals surface area (Å²) in [6.45, 7) is 0.338. The molecule has 1 unspecified atom stereocenters. The zero-order chi connectivity index (χ0) is 24.5. The van der Waals surface area contributed by atoms with Crippen molar-refractivity contribution in [2.45, 2.75) is 69.6 Å². The van der Waals surface area contributed by atoms with Gasteiger partial charge in [0.05, 0.1) is 5.56 Å². The predicted octanol–water partition coefficient (Wildman–Crippen LogP) is 6.11. The fourth-order valence-corrected chi connectivity index (χ4v) is 4.41. The number of aryl methyl sites for hydroxylation is 1. The molecule has 0 N–H and O–H groups in total. The average molecular weight is 490 g/mol. The third-order valence-electron chi connectivity index (χ3n) is 5.91. The summed E-state index contributed by atoms with van der Waals surface area (Å²) in [5, 5.41) is 1.77. The molecule has 4 rings (SSSR count). The fourth-order valence-electron chi connectivity index (χ4n) is 4.41. The van der Waals surface area contributed by atoms with E-state index >= 15 is 0 Å². The number of nitrogens with zero attached hydrogens (tertiary/aromatic N) is 2. The van der Waals surface area contributed by atoms with E-state index in [0.29, 0.717) is 12.8 Å². The van der Waals surface area contributed by atoms with Crippen molar-refractivity contribution in [3.8, 4) is 17.4 Å². The highest BCUT2D eigenvalue weighted by Gasteiger charge is 2.42. The topological polar surface area (TPSA) is 43.8 Å². The first-order chi connectivity index (χ1) is 16.0. The number of hydrogen-bond donors (Lipinski definition) is 0. The summed E-state index contributed by atoms with van der Waals surface area (Å²) in [4.78, 5) is 9.64. The molecular formula is C23H24F6N2O3. The third kappa shape index (κ3) is 6.05. The lowest BCUT2D eigenvalue weighted by molar-refractivity contribution is -0.186. The zero-order valence-corrected chi connectivity index (χ0v) is 18.3. The van der Waals surface area contributed by atoms with Gasteiger partial charge in [-0.05, 0) is 43.5 Å². The molecule has 2 fully saturated rings. The Kier molecular flexibility index (Phi) is 6.84. The van der Waals surface area contributed by atoms with Crippen LogP contribution in [0.1, 0.15) is 43.2 Å².